The van der Waals surface area contributed by atoms with Crippen LogP contribution in [0.25, 0.3) is 0 Å². The first kappa shape index (κ1) is 23.3. The van der Waals surface area contributed by atoms with Gasteiger partial charge in [-0.3, -0.25) is 0 Å². The number of guanidine groups is 1. The van der Waals surface area contributed by atoms with Gasteiger partial charge in [0, 0.05) is 24.8 Å². The van der Waals surface area contributed by atoms with Gasteiger partial charge in [-0.2, -0.15) is 0 Å². The van der Waals surface area contributed by atoms with E-state index in [1.54, 1.807) is 6.34 Å². The van der Waals surface area contributed by atoms with Crippen molar-refractivity contribution in [2.45, 2.75) is 5.54 Å². The number of halogens is 1. The van der Waals surface area contributed by atoms with Crippen LogP contribution in [0.15, 0.2) is 125 Å². The lowest BCUT2D eigenvalue weighted by Gasteiger charge is -2.32. The van der Waals surface area contributed by atoms with Crippen molar-refractivity contribution >= 4 is 29.6 Å². The number of anilines is 1. The molecule has 0 heterocycles. The van der Waals surface area contributed by atoms with Gasteiger partial charge in [0.1, 0.15) is 5.54 Å². The first-order valence-electron chi connectivity index (χ1n) is 11.1. The van der Waals surface area contributed by atoms with E-state index in [2.05, 4.69) is 41.7 Å². The first-order valence-corrected chi connectivity index (χ1v) is 11.5. The van der Waals surface area contributed by atoms with Crippen LogP contribution in [0.1, 0.15) is 16.7 Å². The maximum atomic E-state index is 6.10. The van der Waals surface area contributed by atoms with Crippen molar-refractivity contribution in [1.29, 1.82) is 0 Å². The fourth-order valence-corrected chi connectivity index (χ4v) is 3.94. The molecule has 0 fully saturated rings. The quantitative estimate of drug-likeness (QED) is 0.195. The van der Waals surface area contributed by atoms with Crippen LogP contribution < -0.4 is 5.32 Å². The topological polar surface area (TPSA) is 40.0 Å². The molecular weight excluding hydrogens is 440 g/mol. The molecule has 0 amide bonds. The summed E-state index contributed by atoms with van der Waals surface area (Å²) in [5.41, 5.74) is 3.16. The minimum absolute atomic E-state index is 0.479. The van der Waals surface area contributed by atoms with Crippen molar-refractivity contribution in [2.75, 3.05) is 19.4 Å². The predicted octanol–water partition coefficient (Wildman–Crippen LogP) is 6.69. The predicted molar refractivity (Wildman–Crippen MR) is 144 cm³/mol. The number of nitrogens with zero attached hydrogens (tertiary/aromatic N) is 3. The van der Waals surface area contributed by atoms with E-state index in [0.29, 0.717) is 11.0 Å². The fraction of sp³-hybridized carbons (Fsp3) is 0.103. The molecule has 170 valence electrons. The standard InChI is InChI=1S/C29H27ClN4/c1-34(2)22-31-28(32-27-20-18-26(30)19-21-27)33-29(23-12-6-3-7-13-23,24-14-8-4-9-15-24)25-16-10-5-11-17-25/h3-22H,1-2H3,(H,32,33)/b31-22+. The number of benzene rings is 4. The van der Waals surface area contributed by atoms with Crippen molar-refractivity contribution in [3.8, 4) is 0 Å². The molecule has 4 aromatic carbocycles. The molecule has 0 unspecified atom stereocenters. The van der Waals surface area contributed by atoms with Gasteiger partial charge in [-0.15, -0.1) is 0 Å². The number of hydrogen-bond donors (Lipinski definition) is 1. The van der Waals surface area contributed by atoms with Gasteiger partial charge in [-0.1, -0.05) is 103 Å². The Bertz CT molecular complexity index is 1140. The van der Waals surface area contributed by atoms with Gasteiger partial charge in [0.2, 0.25) is 5.96 Å². The maximum Gasteiger partial charge on any atom is 0.225 e. The Kier molecular flexibility index (Phi) is 7.41. The zero-order chi connectivity index (χ0) is 23.8. The normalized spacial score (nSPS) is 12.0. The van der Waals surface area contributed by atoms with E-state index in [0.717, 1.165) is 22.4 Å². The smallest absolute Gasteiger partial charge is 0.225 e. The summed E-state index contributed by atoms with van der Waals surface area (Å²) in [4.78, 5) is 11.9. The molecule has 5 heteroatoms. The van der Waals surface area contributed by atoms with Gasteiger partial charge in [0.05, 0.1) is 6.34 Å². The molecule has 0 aliphatic carbocycles. The molecule has 0 aliphatic heterocycles. The highest BCUT2D eigenvalue weighted by molar-refractivity contribution is 6.30. The van der Waals surface area contributed by atoms with Crippen molar-refractivity contribution in [3.05, 3.63) is 137 Å². The summed E-state index contributed by atoms with van der Waals surface area (Å²) in [6.07, 6.45) is 1.74. The van der Waals surface area contributed by atoms with Crippen LogP contribution in [0.2, 0.25) is 5.02 Å². The zero-order valence-electron chi connectivity index (χ0n) is 19.3. The van der Waals surface area contributed by atoms with Gasteiger partial charge in [-0.05, 0) is 41.0 Å². The Morgan fingerprint density at radius 1 is 0.706 bits per heavy atom. The molecule has 34 heavy (non-hydrogen) atoms. The second-order valence-electron chi connectivity index (χ2n) is 8.08. The maximum absolute atomic E-state index is 6.10. The van der Waals surface area contributed by atoms with Crippen LogP contribution in [0.3, 0.4) is 0 Å². The van der Waals surface area contributed by atoms with Crippen molar-refractivity contribution in [1.82, 2.24) is 4.90 Å². The molecule has 0 atom stereocenters. The van der Waals surface area contributed by atoms with Crippen LogP contribution in [-0.2, 0) is 5.54 Å². The summed E-state index contributed by atoms with van der Waals surface area (Å²) in [6.45, 7) is 0. The lowest BCUT2D eigenvalue weighted by Crippen LogP contribution is -2.30. The minimum Gasteiger partial charge on any atom is -0.369 e. The fourth-order valence-electron chi connectivity index (χ4n) is 3.81. The molecule has 0 saturated heterocycles. The molecule has 0 spiro atoms. The Labute approximate surface area is 206 Å². The molecule has 0 saturated carbocycles. The van der Waals surface area contributed by atoms with Crippen molar-refractivity contribution in [3.63, 3.8) is 0 Å². The average Bonchev–Trinajstić information content (AvgIpc) is 2.88. The zero-order valence-corrected chi connectivity index (χ0v) is 20.0. The molecule has 4 rings (SSSR count). The SMILES string of the molecule is CN(C)/C=N/C(=NC(c1ccccc1)(c1ccccc1)c1ccccc1)Nc1ccc(Cl)cc1. The Morgan fingerprint density at radius 2 is 1.15 bits per heavy atom. The van der Waals surface area contributed by atoms with Gasteiger partial charge in [0.15, 0.2) is 0 Å². The third kappa shape index (κ3) is 5.36. The molecule has 0 radical (unpaired) electrons. The lowest BCUT2D eigenvalue weighted by atomic mass is 9.77. The lowest BCUT2D eigenvalue weighted by molar-refractivity contribution is 0.640. The highest BCUT2D eigenvalue weighted by Crippen LogP contribution is 2.40. The molecule has 4 aromatic rings. The van der Waals surface area contributed by atoms with E-state index in [1.807, 2.05) is 97.9 Å². The number of aliphatic imine (C=N–C) groups is 2. The van der Waals surface area contributed by atoms with Crippen LogP contribution in [0.5, 0.6) is 0 Å². The van der Waals surface area contributed by atoms with E-state index < -0.39 is 5.54 Å². The third-order valence-electron chi connectivity index (χ3n) is 5.36. The van der Waals surface area contributed by atoms with Crippen molar-refractivity contribution in [2.24, 2.45) is 9.98 Å². The van der Waals surface area contributed by atoms with Crippen LogP contribution in [-0.4, -0.2) is 31.3 Å². The number of hydrogen-bond acceptors (Lipinski definition) is 1. The molecule has 0 aliphatic rings. The molecule has 4 nitrogen and oxygen atoms in total. The van der Waals surface area contributed by atoms with E-state index in [4.69, 9.17) is 21.6 Å². The summed E-state index contributed by atoms with van der Waals surface area (Å²) in [5, 5.41) is 4.07. The molecule has 0 bridgehead atoms. The van der Waals surface area contributed by atoms with Crippen molar-refractivity contribution < 1.29 is 0 Å². The molecule has 0 aromatic heterocycles. The van der Waals surface area contributed by atoms with Gasteiger partial charge in [0.25, 0.3) is 0 Å². The summed E-state index contributed by atoms with van der Waals surface area (Å²) >= 11 is 6.10. The minimum atomic E-state index is -0.817. The first-order chi connectivity index (χ1) is 16.6. The van der Waals surface area contributed by atoms with Crippen LogP contribution in [0.4, 0.5) is 5.69 Å². The Hall–Kier alpha value is -3.89. The highest BCUT2D eigenvalue weighted by Gasteiger charge is 2.36. The van der Waals surface area contributed by atoms with Crippen LogP contribution in [0, 0.1) is 0 Å². The van der Waals surface area contributed by atoms with E-state index in [9.17, 15) is 0 Å². The third-order valence-corrected chi connectivity index (χ3v) is 5.61. The van der Waals surface area contributed by atoms with E-state index in [1.165, 1.54) is 0 Å². The number of rotatable bonds is 6. The van der Waals surface area contributed by atoms with Crippen LogP contribution >= 0.6 is 11.6 Å². The molecular formula is C29H27ClN4. The highest BCUT2D eigenvalue weighted by atomic mass is 35.5. The summed E-state index contributed by atoms with van der Waals surface area (Å²) in [6, 6.07) is 38.5. The van der Waals surface area contributed by atoms with E-state index in [-0.39, 0.29) is 0 Å². The Balaban J connectivity index is 1.99. The monoisotopic (exact) mass is 466 g/mol. The Morgan fingerprint density at radius 3 is 1.56 bits per heavy atom. The average molecular weight is 467 g/mol. The summed E-state index contributed by atoms with van der Waals surface area (Å²) in [7, 11) is 3.87. The second kappa shape index (κ2) is 10.8. The summed E-state index contributed by atoms with van der Waals surface area (Å²) in [5.74, 6) is 0.479. The van der Waals surface area contributed by atoms with Gasteiger partial charge >= 0.3 is 0 Å². The summed E-state index contributed by atoms with van der Waals surface area (Å²) < 4.78 is 0. The number of nitrogens with one attached hydrogen (secondary N) is 1. The largest absolute Gasteiger partial charge is 0.369 e. The molecule has 1 N–H and O–H groups in total. The van der Waals surface area contributed by atoms with E-state index >= 15 is 0 Å². The van der Waals surface area contributed by atoms with Gasteiger partial charge in [-0.25, -0.2) is 9.98 Å². The second-order valence-corrected chi connectivity index (χ2v) is 8.52. The van der Waals surface area contributed by atoms with Gasteiger partial charge < -0.3 is 10.2 Å².